The van der Waals surface area contributed by atoms with E-state index >= 15 is 0 Å². The van der Waals surface area contributed by atoms with Gasteiger partial charge in [0.1, 0.15) is 12.2 Å². The molecule has 0 unspecified atom stereocenters. The van der Waals surface area contributed by atoms with Gasteiger partial charge in [-0.15, -0.1) is 0 Å². The Hall–Kier alpha value is -2.17. The molecule has 0 spiro atoms. The molecule has 1 aliphatic heterocycles. The number of halogens is 2. The lowest BCUT2D eigenvalue weighted by Crippen LogP contribution is -2.44. The summed E-state index contributed by atoms with van der Waals surface area (Å²) in [4.78, 5) is 11.7. The maximum Gasteiger partial charge on any atom is 0.509 e. The van der Waals surface area contributed by atoms with Crippen molar-refractivity contribution in [3.63, 3.8) is 0 Å². The van der Waals surface area contributed by atoms with Crippen LogP contribution in [0.15, 0.2) is 60.7 Å². The first-order valence-electron chi connectivity index (χ1n) is 23.2. The van der Waals surface area contributed by atoms with E-state index in [4.69, 9.17) is 37.1 Å². The van der Waals surface area contributed by atoms with Crippen molar-refractivity contribution in [2.45, 2.75) is 193 Å². The topological polar surface area (TPSA) is 105 Å². The van der Waals surface area contributed by atoms with Crippen LogP contribution in [0.4, 0.5) is 4.79 Å². The largest absolute Gasteiger partial charge is 0.509 e. The van der Waals surface area contributed by atoms with Gasteiger partial charge in [-0.2, -0.15) is 0 Å². The summed E-state index contributed by atoms with van der Waals surface area (Å²) in [6.45, 7) is 28.4. The van der Waals surface area contributed by atoms with E-state index in [2.05, 4.69) is 79.9 Å². The number of hydrogen-bond acceptors (Lipinski definition) is 7. The van der Waals surface area contributed by atoms with Crippen LogP contribution in [0, 0.1) is 37.5 Å². The van der Waals surface area contributed by atoms with Gasteiger partial charge < -0.3 is 29.2 Å². The van der Waals surface area contributed by atoms with E-state index < -0.39 is 26.7 Å². The van der Waals surface area contributed by atoms with Crippen LogP contribution >= 0.6 is 23.2 Å². The highest BCUT2D eigenvalue weighted by atomic mass is 35.5. The minimum Gasteiger partial charge on any atom is -0.426 e. The SMILES string of the molecule is C=C1[C@@H](O)[C@@H](O)[C@H](CC[C@H](CCCCC)O[Si](C)(C)C(C)(C)C)[C@H]1Cc1cc(C)ccc1Cl.C=C1[C@H]2OC(=O)O[C@H]2[C@H](CC[C@@H](O)CCCCC)[C@H]1Cc1cc(C)ccc1Cl. The van der Waals surface area contributed by atoms with Crippen LogP contribution in [-0.2, 0) is 26.7 Å². The van der Waals surface area contributed by atoms with Crippen LogP contribution in [0.1, 0.15) is 134 Å². The Labute approximate surface area is 379 Å². The van der Waals surface area contributed by atoms with E-state index in [0.717, 1.165) is 101 Å². The highest BCUT2D eigenvalue weighted by Crippen LogP contribution is 2.48. The van der Waals surface area contributed by atoms with Gasteiger partial charge in [-0.1, -0.05) is 145 Å². The van der Waals surface area contributed by atoms with Gasteiger partial charge in [0.25, 0.3) is 0 Å². The summed E-state index contributed by atoms with van der Waals surface area (Å²) >= 11 is 12.9. The third-order valence-corrected chi connectivity index (χ3v) is 19.4. The van der Waals surface area contributed by atoms with Crippen molar-refractivity contribution in [2.75, 3.05) is 0 Å². The normalized spacial score (nSPS) is 26.1. The van der Waals surface area contributed by atoms with Crippen molar-refractivity contribution in [1.82, 2.24) is 0 Å². The summed E-state index contributed by atoms with van der Waals surface area (Å²) in [6, 6.07) is 12.1. The summed E-state index contributed by atoms with van der Waals surface area (Å²) in [5.74, 6) is 0.172. The number of carbonyl (C=O) groups excluding carboxylic acids is 1. The zero-order valence-electron chi connectivity index (χ0n) is 38.8. The number of aliphatic hydroxyl groups is 3. The van der Waals surface area contributed by atoms with Crippen molar-refractivity contribution in [3.05, 3.63) is 93.0 Å². The van der Waals surface area contributed by atoms with Crippen LogP contribution in [0.5, 0.6) is 0 Å². The van der Waals surface area contributed by atoms with Crippen LogP contribution < -0.4 is 0 Å². The molecule has 2 aromatic rings. The van der Waals surface area contributed by atoms with E-state index in [9.17, 15) is 20.1 Å². The summed E-state index contributed by atoms with van der Waals surface area (Å²) in [7, 11) is -1.89. The van der Waals surface area contributed by atoms with Gasteiger partial charge in [-0.25, -0.2) is 4.79 Å². The Balaban J connectivity index is 0.000000272. The van der Waals surface area contributed by atoms with E-state index in [1.165, 1.54) is 19.3 Å². The number of fused-ring (bicyclic) bond motifs is 1. The molecule has 1 saturated heterocycles. The molecular weight excluding hydrogens is 824 g/mol. The van der Waals surface area contributed by atoms with Crippen LogP contribution in [0.25, 0.3) is 0 Å². The third-order valence-electron chi connectivity index (χ3n) is 14.1. The Morgan fingerprint density at radius 1 is 0.770 bits per heavy atom. The minimum atomic E-state index is -1.89. The van der Waals surface area contributed by atoms with Crippen molar-refractivity contribution in [1.29, 1.82) is 0 Å². The molecule has 10 heteroatoms. The molecule has 0 aromatic heterocycles. The monoisotopic (exact) mass is 900 g/mol. The Morgan fingerprint density at radius 3 is 1.84 bits per heavy atom. The van der Waals surface area contributed by atoms with Gasteiger partial charge in [0, 0.05) is 22.1 Å². The lowest BCUT2D eigenvalue weighted by Gasteiger charge is -2.40. The Bertz CT molecular complexity index is 1760. The van der Waals surface area contributed by atoms with Crippen LogP contribution in [0.3, 0.4) is 0 Å². The quantitative estimate of drug-likeness (QED) is 0.0526. The maximum absolute atomic E-state index is 11.7. The third kappa shape index (κ3) is 13.9. The van der Waals surface area contributed by atoms with Crippen LogP contribution in [-0.4, -0.2) is 66.4 Å². The fourth-order valence-corrected chi connectivity index (χ4v) is 11.2. The number of unbranched alkanes of at least 4 members (excludes halogenated alkanes) is 4. The van der Waals surface area contributed by atoms with Crippen molar-refractivity contribution < 1.29 is 34.0 Å². The number of ether oxygens (including phenoxy) is 2. The number of aryl methyl sites for hydroxylation is 2. The van der Waals surface area contributed by atoms with E-state index in [1.807, 2.05) is 31.2 Å². The molecule has 0 radical (unpaired) electrons. The molecule has 3 N–H and O–H groups in total. The summed E-state index contributed by atoms with van der Waals surface area (Å²) < 4.78 is 17.7. The maximum atomic E-state index is 11.7. The number of carbonyl (C=O) groups is 1. The standard InChI is InChI=1S/C28H47ClO3Si.C23H31ClO4/c1-9-10-11-12-22(32-33(7,8)28(4,5)6)14-15-23-24(20(3)26(30)27(23)31)18-21-17-19(2)13-16-25(21)29;1-4-5-6-7-17(25)9-10-18-19(13-16-12-14(2)8-11-20(16)24)15(3)21-22(18)28-23(26)27-21/h13,16-17,22-24,26-27,30-31H,3,9-12,14-15,18H2,1-2,4-8H3;8,11-12,17-19,21-22,25H,3-7,9-10,13H2,1-2H3/t22-,23+,24-,26+,27-;17-,18+,19-,21+,22-/m00/s1. The first kappa shape index (κ1) is 51.5. The van der Waals surface area contributed by atoms with E-state index in [1.54, 1.807) is 0 Å². The van der Waals surface area contributed by atoms with E-state index in [-0.39, 0.29) is 53.1 Å². The van der Waals surface area contributed by atoms with Gasteiger partial charge in [0.05, 0.1) is 12.2 Å². The minimum absolute atomic E-state index is 0.0125. The van der Waals surface area contributed by atoms with Gasteiger partial charge in [0.2, 0.25) is 0 Å². The number of aliphatic hydroxyl groups excluding tert-OH is 3. The van der Waals surface area contributed by atoms with Gasteiger partial charge in [-0.05, 0) is 136 Å². The fourth-order valence-electron chi connectivity index (χ4n) is 9.38. The van der Waals surface area contributed by atoms with Gasteiger partial charge in [0.15, 0.2) is 14.4 Å². The second kappa shape index (κ2) is 23.1. The van der Waals surface area contributed by atoms with Crippen LogP contribution in [0.2, 0.25) is 28.2 Å². The molecule has 2 aliphatic carbocycles. The highest BCUT2D eigenvalue weighted by molar-refractivity contribution is 6.74. The molecule has 10 atom stereocenters. The summed E-state index contributed by atoms with van der Waals surface area (Å²) in [5, 5.41) is 33.6. The number of hydrogen-bond donors (Lipinski definition) is 3. The second-order valence-corrected chi connectivity index (χ2v) is 25.5. The first-order chi connectivity index (χ1) is 28.7. The molecule has 2 aromatic carbocycles. The average molecular weight is 902 g/mol. The zero-order valence-corrected chi connectivity index (χ0v) is 41.3. The smallest absolute Gasteiger partial charge is 0.426 e. The molecule has 342 valence electrons. The predicted octanol–water partition coefficient (Wildman–Crippen LogP) is 13.1. The lowest BCUT2D eigenvalue weighted by molar-refractivity contribution is 0.0201. The molecular formula is C51H78Cl2O7Si. The molecule has 61 heavy (non-hydrogen) atoms. The number of benzene rings is 2. The number of rotatable bonds is 20. The van der Waals surface area contributed by atoms with Crippen molar-refractivity contribution in [2.24, 2.45) is 23.7 Å². The Kier molecular flexibility index (Phi) is 19.5. The van der Waals surface area contributed by atoms with Gasteiger partial charge in [-0.3, -0.25) is 0 Å². The molecule has 0 amide bonds. The molecule has 5 rings (SSSR count). The van der Waals surface area contributed by atoms with Gasteiger partial charge >= 0.3 is 6.16 Å². The van der Waals surface area contributed by atoms with Crippen molar-refractivity contribution >= 4 is 37.7 Å². The zero-order chi connectivity index (χ0) is 45.2. The molecule has 2 saturated carbocycles. The fraction of sp³-hybridized carbons (Fsp3) is 0.667. The highest BCUT2D eigenvalue weighted by Gasteiger charge is 2.54. The van der Waals surface area contributed by atoms with E-state index in [0.29, 0.717) is 12.8 Å². The predicted molar refractivity (Wildman–Crippen MR) is 254 cm³/mol. The first-order valence-corrected chi connectivity index (χ1v) is 26.8. The lowest BCUT2D eigenvalue weighted by atomic mass is 9.83. The Morgan fingerprint density at radius 2 is 1.30 bits per heavy atom. The summed E-state index contributed by atoms with van der Waals surface area (Å²) in [6.07, 6.45) is 10.3. The average Bonchev–Trinajstić information content (AvgIpc) is 3.75. The van der Waals surface area contributed by atoms with Crippen molar-refractivity contribution in [3.8, 4) is 0 Å². The molecule has 1 heterocycles. The second-order valence-electron chi connectivity index (χ2n) is 19.9. The molecule has 7 nitrogen and oxygen atoms in total. The molecule has 3 fully saturated rings. The molecule has 0 bridgehead atoms. The summed E-state index contributed by atoms with van der Waals surface area (Å²) in [5.41, 5.74) is 6.10. The molecule has 3 aliphatic rings.